The van der Waals surface area contributed by atoms with Crippen LogP contribution in [0.3, 0.4) is 0 Å². The molecule has 11 atom stereocenters. The lowest BCUT2D eigenvalue weighted by Gasteiger charge is -2.41. The van der Waals surface area contributed by atoms with E-state index < -0.39 is 121 Å². The number of carboxylic acid groups (broad SMARTS) is 1. The Hall–Kier alpha value is -4.73. The number of aliphatic hydroxyl groups is 7. The van der Waals surface area contributed by atoms with Gasteiger partial charge in [-0.15, -0.1) is 0 Å². The van der Waals surface area contributed by atoms with Crippen LogP contribution in [0.5, 0.6) is 34.5 Å². The number of carbonyl (C=O) groups excluding carboxylic acids is 1. The molecule has 2 aromatic rings. The summed E-state index contributed by atoms with van der Waals surface area (Å²) in [6, 6.07) is 4.77. The molecule has 0 spiro atoms. The van der Waals surface area contributed by atoms with Crippen molar-refractivity contribution in [3.8, 4) is 34.5 Å². The van der Waals surface area contributed by atoms with Crippen LogP contribution in [0.25, 0.3) is 6.08 Å². The summed E-state index contributed by atoms with van der Waals surface area (Å²) in [6.07, 6.45) is -20.3. The summed E-state index contributed by atoms with van der Waals surface area (Å²) in [5.41, 5.74) is 0.0917. The van der Waals surface area contributed by atoms with E-state index in [1.165, 1.54) is 32.4 Å². The first-order valence-corrected chi connectivity index (χ1v) is 17.6. The number of carbonyl (C=O) groups is 2. The molecule has 0 saturated carbocycles. The zero-order chi connectivity index (χ0) is 41.2. The second-order valence-corrected chi connectivity index (χ2v) is 13.5. The van der Waals surface area contributed by atoms with E-state index in [1.54, 1.807) is 0 Å². The van der Waals surface area contributed by atoms with Gasteiger partial charge in [-0.25, -0.2) is 4.18 Å². The van der Waals surface area contributed by atoms with Crippen molar-refractivity contribution in [1.82, 2.24) is 0 Å². The molecule has 56 heavy (non-hydrogen) atoms. The van der Waals surface area contributed by atoms with Crippen molar-refractivity contribution in [2.75, 3.05) is 27.4 Å². The zero-order valence-corrected chi connectivity index (χ0v) is 29.9. The molecule has 0 aromatic heterocycles. The van der Waals surface area contributed by atoms with E-state index in [-0.39, 0.29) is 39.9 Å². The standard InChI is InChI=1S/C32H38O23S/c1-47-16-3-11(4-17(48-2)23(16)38)29-18(52-31-28(43)26(41)24(39)19(9-33)53-31)7-13-14(50-29)5-12(34)6-15(13)51-32-30(55-56(44,45)46)27(42)25(40)20(54-32)10-49-22(37)8-21(35)36/h3-7,19-20,24-34,38-43H,8-10H2,1-2H3,(H,35,36)(H,44,45,46)/p+1/t19-,20-,24+,25+,26+,27+,28-,29?,30+,31-,32-/m1/s1. The number of benzene rings is 2. The van der Waals surface area contributed by atoms with Gasteiger partial charge in [0.25, 0.3) is 11.9 Å². The predicted molar refractivity (Wildman–Crippen MR) is 177 cm³/mol. The van der Waals surface area contributed by atoms with Gasteiger partial charge in [0.15, 0.2) is 23.4 Å². The lowest BCUT2D eigenvalue weighted by atomic mass is 9.98. The molecule has 2 fully saturated rings. The maximum atomic E-state index is 11.9. The third-order valence-corrected chi connectivity index (χ3v) is 9.14. The minimum Gasteiger partial charge on any atom is -0.571 e. The Labute approximate surface area is 315 Å². The van der Waals surface area contributed by atoms with Crippen LogP contribution in [0.4, 0.5) is 0 Å². The molecule has 3 aliphatic heterocycles. The van der Waals surface area contributed by atoms with Crippen molar-refractivity contribution < 1.29 is 111 Å². The van der Waals surface area contributed by atoms with Gasteiger partial charge in [-0.2, -0.15) is 8.42 Å². The van der Waals surface area contributed by atoms with Gasteiger partial charge in [0.1, 0.15) is 72.8 Å². The maximum Gasteiger partial charge on any atom is 0.397 e. The summed E-state index contributed by atoms with van der Waals surface area (Å²) in [5.74, 6) is -4.66. The molecule has 0 aliphatic carbocycles. The molecule has 310 valence electrons. The first-order chi connectivity index (χ1) is 26.3. The fourth-order valence-electron chi connectivity index (χ4n) is 5.93. The first kappa shape index (κ1) is 42.4. The molecule has 3 aliphatic rings. The number of phenolic OH excluding ortho intramolecular Hbond substituents is 2. The minimum absolute atomic E-state index is 0.0834. The molecule has 1 unspecified atom stereocenters. The van der Waals surface area contributed by atoms with Gasteiger partial charge >= 0.3 is 22.3 Å². The lowest BCUT2D eigenvalue weighted by molar-refractivity contribution is -0.295. The third kappa shape index (κ3) is 9.27. The number of aromatic hydroxyl groups is 3. The van der Waals surface area contributed by atoms with Gasteiger partial charge in [0, 0.05) is 12.1 Å². The van der Waals surface area contributed by atoms with Gasteiger partial charge in [-0.05, 0) is 12.1 Å². The highest BCUT2D eigenvalue weighted by Gasteiger charge is 2.50. The molecule has 0 amide bonds. The highest BCUT2D eigenvalue weighted by atomic mass is 32.3. The van der Waals surface area contributed by atoms with Crippen LogP contribution >= 0.6 is 0 Å². The topological polar surface area (TPSA) is 357 Å². The Morgan fingerprint density at radius 3 is 2.04 bits per heavy atom. The summed E-state index contributed by atoms with van der Waals surface area (Å²) < 4.78 is 80.5. The molecule has 24 heteroatoms. The highest BCUT2D eigenvalue weighted by molar-refractivity contribution is 7.80. The number of hydrogen-bond acceptors (Lipinski definition) is 20. The number of aliphatic hydroxyl groups excluding tert-OH is 6. The van der Waals surface area contributed by atoms with E-state index in [0.717, 1.165) is 12.1 Å². The molecule has 5 rings (SSSR count). The molecule has 11 N–H and O–H groups in total. The maximum absolute atomic E-state index is 11.9. The number of hydrogen-bond donors (Lipinski definition) is 10. The number of carboxylic acids is 1. The molecule has 2 saturated heterocycles. The number of esters is 1. The van der Waals surface area contributed by atoms with Crippen molar-refractivity contribution in [1.29, 1.82) is 0 Å². The predicted octanol–water partition coefficient (Wildman–Crippen LogP) is -2.70. The van der Waals surface area contributed by atoms with E-state index in [2.05, 4.69) is 8.92 Å². The highest BCUT2D eigenvalue weighted by Crippen LogP contribution is 2.49. The Morgan fingerprint density at radius 1 is 0.821 bits per heavy atom. The number of ether oxygens (including phenoxy) is 8. The summed E-state index contributed by atoms with van der Waals surface area (Å²) in [4.78, 5) is 22.7. The Bertz CT molecular complexity index is 1870. The van der Waals surface area contributed by atoms with Crippen LogP contribution < -0.4 is 14.2 Å². The number of rotatable bonds is 14. The lowest BCUT2D eigenvalue weighted by Crippen LogP contribution is -2.61. The van der Waals surface area contributed by atoms with Crippen LogP contribution in [-0.4, -0.2) is 164 Å². The van der Waals surface area contributed by atoms with E-state index in [1.807, 2.05) is 0 Å². The SMILES string of the molecule is COc1cc(C2[OH+]c3cc(O)cc(O[C@@H]4O[C@H](COC(=O)CC(=O)O)[C@H](O)[C@H](O)[C@@H]4OS(=O)(=O)O)c3C=C2O[C@@H]2O[C@H](CO)[C@H](O)[C@H](O)[C@H]2O)cc(OC)c1O. The summed E-state index contributed by atoms with van der Waals surface area (Å²) in [7, 11) is -2.90. The van der Waals surface area contributed by atoms with Crippen LogP contribution in [0.2, 0.25) is 0 Å². The van der Waals surface area contributed by atoms with Gasteiger partial charge in [0.2, 0.25) is 18.3 Å². The van der Waals surface area contributed by atoms with Gasteiger partial charge in [0.05, 0.1) is 32.5 Å². The number of fused-ring (bicyclic) bond motifs is 1. The summed E-state index contributed by atoms with van der Waals surface area (Å²) in [6.45, 7) is -1.70. The Kier molecular flexibility index (Phi) is 13.0. The molecule has 3 heterocycles. The van der Waals surface area contributed by atoms with Crippen LogP contribution in [0.15, 0.2) is 30.0 Å². The first-order valence-electron chi connectivity index (χ1n) is 16.3. The molecular formula is C32H39O23S+. The largest absolute Gasteiger partial charge is 0.571 e. The fourth-order valence-corrected chi connectivity index (χ4v) is 6.42. The number of aliphatic carboxylic acids is 1. The van der Waals surface area contributed by atoms with Crippen LogP contribution in [-0.2, 0) is 43.1 Å². The van der Waals surface area contributed by atoms with E-state index in [9.17, 15) is 63.4 Å². The van der Waals surface area contributed by atoms with E-state index in [4.69, 9.17) is 38.3 Å². The Morgan fingerprint density at radius 2 is 1.45 bits per heavy atom. The van der Waals surface area contributed by atoms with Gasteiger partial charge in [-0.1, -0.05) is 0 Å². The third-order valence-electron chi connectivity index (χ3n) is 8.67. The van der Waals surface area contributed by atoms with Crippen LogP contribution in [0, 0.1) is 0 Å². The monoisotopic (exact) mass is 823 g/mol. The van der Waals surface area contributed by atoms with Crippen LogP contribution in [0.1, 0.15) is 23.7 Å². The summed E-state index contributed by atoms with van der Waals surface area (Å²) >= 11 is 0. The normalized spacial score (nSPS) is 30.2. The smallest absolute Gasteiger partial charge is 0.397 e. The quantitative estimate of drug-likeness (QED) is 0.0401. The molecule has 0 bridgehead atoms. The zero-order valence-electron chi connectivity index (χ0n) is 29.1. The number of methoxy groups -OCH3 is 2. The fraction of sp³-hybridized carbons (Fsp3) is 0.500. The van der Waals surface area contributed by atoms with Crippen molar-refractivity contribution in [2.24, 2.45) is 0 Å². The number of phenols is 2. The second kappa shape index (κ2) is 17.2. The second-order valence-electron chi connectivity index (χ2n) is 12.4. The average molecular weight is 824 g/mol. The van der Waals surface area contributed by atoms with E-state index in [0.29, 0.717) is 0 Å². The average Bonchev–Trinajstić information content (AvgIpc) is 3.13. The molecular weight excluding hydrogens is 784 g/mol. The van der Waals surface area contributed by atoms with Gasteiger partial charge in [-0.3, -0.25) is 14.1 Å². The summed E-state index contributed by atoms with van der Waals surface area (Å²) in [5, 5.41) is 92.9. The molecule has 0 radical (unpaired) electrons. The van der Waals surface area contributed by atoms with Crippen molar-refractivity contribution in [3.05, 3.63) is 41.2 Å². The van der Waals surface area contributed by atoms with E-state index >= 15 is 0 Å². The van der Waals surface area contributed by atoms with Crippen molar-refractivity contribution in [2.45, 2.75) is 73.9 Å². The minimum atomic E-state index is -5.40. The molecule has 23 nitrogen and oxygen atoms in total. The van der Waals surface area contributed by atoms with Crippen molar-refractivity contribution in [3.63, 3.8) is 0 Å². The van der Waals surface area contributed by atoms with Gasteiger partial charge < -0.3 is 83.9 Å². The Balaban J connectivity index is 1.58. The molecule has 2 aromatic carbocycles. The van der Waals surface area contributed by atoms with Crippen molar-refractivity contribution >= 4 is 28.4 Å².